The van der Waals surface area contributed by atoms with E-state index in [2.05, 4.69) is 5.32 Å². The molecule has 2 N–H and O–H groups in total. The molecule has 1 aliphatic heterocycles. The molecule has 0 aromatic heterocycles. The Hall–Kier alpha value is -1.62. The number of aliphatic hydroxyl groups is 1. The van der Waals surface area contributed by atoms with Crippen molar-refractivity contribution in [3.8, 4) is 0 Å². The van der Waals surface area contributed by atoms with Crippen molar-refractivity contribution >= 4 is 6.03 Å². The molecule has 1 unspecified atom stereocenters. The normalized spacial score (nSPS) is 17.6. The van der Waals surface area contributed by atoms with Crippen LogP contribution in [0.3, 0.4) is 0 Å². The molecule has 1 saturated heterocycles. The highest BCUT2D eigenvalue weighted by Gasteiger charge is 2.25. The fourth-order valence-electron chi connectivity index (χ4n) is 2.62. The lowest BCUT2D eigenvalue weighted by atomic mass is 9.92. The van der Waals surface area contributed by atoms with E-state index < -0.39 is 0 Å². The Labute approximate surface area is 125 Å². The van der Waals surface area contributed by atoms with Gasteiger partial charge < -0.3 is 15.3 Å². The van der Waals surface area contributed by atoms with Gasteiger partial charge in [-0.25, -0.2) is 9.18 Å². The number of nitrogens with zero attached hydrogens (tertiary/aromatic N) is 1. The van der Waals surface area contributed by atoms with Gasteiger partial charge in [-0.2, -0.15) is 0 Å². The van der Waals surface area contributed by atoms with Crippen LogP contribution in [0.1, 0.15) is 30.9 Å². The maximum Gasteiger partial charge on any atom is 0.317 e. The van der Waals surface area contributed by atoms with E-state index in [-0.39, 0.29) is 23.9 Å². The number of aryl methyl sites for hydroxylation is 1. The number of hydrogen-bond donors (Lipinski definition) is 2. The SMILES string of the molecule is Cc1ccc(CNC(=O)N2CCC(C(C)O)CC2)cc1F. The van der Waals surface area contributed by atoms with Gasteiger partial charge in [0.15, 0.2) is 0 Å². The minimum Gasteiger partial charge on any atom is -0.393 e. The summed E-state index contributed by atoms with van der Waals surface area (Å²) in [5.74, 6) is 0.0275. The number of hydrogen-bond acceptors (Lipinski definition) is 2. The maximum absolute atomic E-state index is 13.4. The van der Waals surface area contributed by atoms with Crippen molar-refractivity contribution in [1.82, 2.24) is 10.2 Å². The number of likely N-dealkylation sites (tertiary alicyclic amines) is 1. The molecule has 1 heterocycles. The van der Waals surface area contributed by atoms with Crippen molar-refractivity contribution in [2.75, 3.05) is 13.1 Å². The number of nitrogens with one attached hydrogen (secondary N) is 1. The van der Waals surface area contributed by atoms with Crippen molar-refractivity contribution in [2.24, 2.45) is 5.92 Å². The highest BCUT2D eigenvalue weighted by molar-refractivity contribution is 5.74. The molecule has 1 aliphatic rings. The molecule has 116 valence electrons. The Balaban J connectivity index is 1.81. The zero-order valence-corrected chi connectivity index (χ0v) is 12.6. The standard InChI is InChI=1S/C16H23FN2O2/c1-11-3-4-13(9-15(11)17)10-18-16(21)19-7-5-14(6-8-19)12(2)20/h3-4,9,12,14,20H,5-8,10H2,1-2H3,(H,18,21). The Morgan fingerprint density at radius 1 is 1.48 bits per heavy atom. The summed E-state index contributed by atoms with van der Waals surface area (Å²) in [5.41, 5.74) is 1.36. The van der Waals surface area contributed by atoms with Crippen LogP contribution in [0.25, 0.3) is 0 Å². The quantitative estimate of drug-likeness (QED) is 0.899. The average molecular weight is 294 g/mol. The number of urea groups is 1. The van der Waals surface area contributed by atoms with E-state index in [0.717, 1.165) is 18.4 Å². The fraction of sp³-hybridized carbons (Fsp3) is 0.562. The number of amides is 2. The molecule has 0 spiro atoms. The smallest absolute Gasteiger partial charge is 0.317 e. The second kappa shape index (κ2) is 6.89. The number of aliphatic hydroxyl groups excluding tert-OH is 1. The predicted molar refractivity (Wildman–Crippen MR) is 79.4 cm³/mol. The lowest BCUT2D eigenvalue weighted by molar-refractivity contribution is 0.0798. The van der Waals surface area contributed by atoms with Crippen LogP contribution < -0.4 is 5.32 Å². The molecular formula is C16H23FN2O2. The van der Waals surface area contributed by atoms with E-state index in [1.807, 2.05) is 6.07 Å². The molecule has 0 aliphatic carbocycles. The molecule has 1 aromatic rings. The molecule has 1 aromatic carbocycles. The number of piperidine rings is 1. The van der Waals surface area contributed by atoms with Crippen LogP contribution in [0.2, 0.25) is 0 Å². The average Bonchev–Trinajstić information content (AvgIpc) is 2.48. The summed E-state index contributed by atoms with van der Waals surface area (Å²) in [5, 5.41) is 12.4. The Bertz CT molecular complexity index is 497. The summed E-state index contributed by atoms with van der Waals surface area (Å²) in [6.07, 6.45) is 1.33. The molecule has 0 radical (unpaired) electrons. The van der Waals surface area contributed by atoms with Gasteiger partial charge in [0.25, 0.3) is 0 Å². The number of benzene rings is 1. The zero-order valence-electron chi connectivity index (χ0n) is 12.6. The van der Waals surface area contributed by atoms with Gasteiger partial charge in [0, 0.05) is 19.6 Å². The lowest BCUT2D eigenvalue weighted by Gasteiger charge is -2.33. The number of carbonyl (C=O) groups excluding carboxylic acids is 1. The molecule has 0 bridgehead atoms. The van der Waals surface area contributed by atoms with Crippen LogP contribution >= 0.6 is 0 Å². The molecule has 1 atom stereocenters. The third kappa shape index (κ3) is 4.17. The fourth-order valence-corrected chi connectivity index (χ4v) is 2.62. The van der Waals surface area contributed by atoms with Gasteiger partial charge in [0.1, 0.15) is 5.82 Å². The van der Waals surface area contributed by atoms with Gasteiger partial charge in [-0.05, 0) is 49.8 Å². The summed E-state index contributed by atoms with van der Waals surface area (Å²) in [6.45, 7) is 5.15. The van der Waals surface area contributed by atoms with Crippen molar-refractivity contribution in [2.45, 2.75) is 39.3 Å². The second-order valence-electron chi connectivity index (χ2n) is 5.81. The minimum atomic E-state index is -0.314. The van der Waals surface area contributed by atoms with Gasteiger partial charge in [-0.1, -0.05) is 12.1 Å². The molecule has 2 rings (SSSR count). The summed E-state index contributed by atoms with van der Waals surface area (Å²) < 4.78 is 13.4. The third-order valence-electron chi connectivity index (χ3n) is 4.19. The van der Waals surface area contributed by atoms with E-state index in [1.165, 1.54) is 6.07 Å². The Kier molecular flexibility index (Phi) is 5.17. The van der Waals surface area contributed by atoms with Gasteiger partial charge in [-0.3, -0.25) is 0 Å². The zero-order chi connectivity index (χ0) is 15.4. The van der Waals surface area contributed by atoms with Crippen LogP contribution in [0, 0.1) is 18.7 Å². The van der Waals surface area contributed by atoms with Gasteiger partial charge in [0.2, 0.25) is 0 Å². The molecule has 0 saturated carbocycles. The van der Waals surface area contributed by atoms with Gasteiger partial charge in [0.05, 0.1) is 6.10 Å². The second-order valence-corrected chi connectivity index (χ2v) is 5.81. The van der Waals surface area contributed by atoms with E-state index in [1.54, 1.807) is 24.8 Å². The summed E-state index contributed by atoms with van der Waals surface area (Å²) >= 11 is 0. The van der Waals surface area contributed by atoms with Crippen LogP contribution in [-0.2, 0) is 6.54 Å². The topological polar surface area (TPSA) is 52.6 Å². The first-order valence-electron chi connectivity index (χ1n) is 7.43. The van der Waals surface area contributed by atoms with Crippen molar-refractivity contribution in [1.29, 1.82) is 0 Å². The van der Waals surface area contributed by atoms with Crippen LogP contribution in [0.15, 0.2) is 18.2 Å². The van der Waals surface area contributed by atoms with Crippen LogP contribution in [0.4, 0.5) is 9.18 Å². The molecule has 5 heteroatoms. The summed E-state index contributed by atoms with van der Waals surface area (Å²) in [7, 11) is 0. The third-order valence-corrected chi connectivity index (χ3v) is 4.19. The highest BCUT2D eigenvalue weighted by Crippen LogP contribution is 2.20. The van der Waals surface area contributed by atoms with E-state index in [4.69, 9.17) is 0 Å². The number of halogens is 1. The molecular weight excluding hydrogens is 271 g/mol. The monoisotopic (exact) mass is 294 g/mol. The number of carbonyl (C=O) groups is 1. The van der Waals surface area contributed by atoms with Gasteiger partial charge in [-0.15, -0.1) is 0 Å². The highest BCUT2D eigenvalue weighted by atomic mass is 19.1. The van der Waals surface area contributed by atoms with E-state index >= 15 is 0 Å². The molecule has 4 nitrogen and oxygen atoms in total. The van der Waals surface area contributed by atoms with Crippen molar-refractivity contribution in [3.63, 3.8) is 0 Å². The minimum absolute atomic E-state index is 0.125. The van der Waals surface area contributed by atoms with E-state index in [0.29, 0.717) is 25.2 Å². The Morgan fingerprint density at radius 3 is 2.71 bits per heavy atom. The maximum atomic E-state index is 13.4. The Morgan fingerprint density at radius 2 is 2.14 bits per heavy atom. The number of rotatable bonds is 3. The summed E-state index contributed by atoms with van der Waals surface area (Å²) in [4.78, 5) is 13.8. The van der Waals surface area contributed by atoms with Crippen molar-refractivity contribution < 1.29 is 14.3 Å². The lowest BCUT2D eigenvalue weighted by Crippen LogP contribution is -2.45. The first kappa shape index (κ1) is 15.8. The van der Waals surface area contributed by atoms with Gasteiger partial charge >= 0.3 is 6.03 Å². The first-order valence-corrected chi connectivity index (χ1v) is 7.43. The largest absolute Gasteiger partial charge is 0.393 e. The van der Waals surface area contributed by atoms with E-state index in [9.17, 15) is 14.3 Å². The molecule has 2 amide bonds. The predicted octanol–water partition coefficient (Wildman–Crippen LogP) is 2.44. The van der Waals surface area contributed by atoms with Crippen LogP contribution in [0.5, 0.6) is 0 Å². The molecule has 1 fully saturated rings. The van der Waals surface area contributed by atoms with Crippen LogP contribution in [-0.4, -0.2) is 35.2 Å². The molecule has 21 heavy (non-hydrogen) atoms. The van der Waals surface area contributed by atoms with Crippen molar-refractivity contribution in [3.05, 3.63) is 35.1 Å². The summed E-state index contributed by atoms with van der Waals surface area (Å²) in [6, 6.07) is 4.86. The first-order chi connectivity index (χ1) is 9.97.